The average molecular weight is 310 g/mol. The summed E-state index contributed by atoms with van der Waals surface area (Å²) >= 11 is 11.7. The van der Waals surface area contributed by atoms with Crippen LogP contribution in [0.2, 0.25) is 10.0 Å². The highest BCUT2D eigenvalue weighted by atomic mass is 35.5. The van der Waals surface area contributed by atoms with Crippen LogP contribution in [0.3, 0.4) is 0 Å². The second kappa shape index (κ2) is 5.63. The van der Waals surface area contributed by atoms with Crippen molar-refractivity contribution in [1.29, 1.82) is 0 Å². The third-order valence-electron chi connectivity index (χ3n) is 3.69. The first kappa shape index (κ1) is 13.7. The molecule has 2 aromatic rings. The van der Waals surface area contributed by atoms with Crippen LogP contribution in [-0.4, -0.2) is 0 Å². The van der Waals surface area contributed by atoms with E-state index in [0.717, 1.165) is 24.9 Å². The quantitative estimate of drug-likeness (QED) is 0.710. The molecule has 0 radical (unpaired) electrons. The van der Waals surface area contributed by atoms with E-state index in [4.69, 9.17) is 23.2 Å². The smallest absolute Gasteiger partial charge is 0.160 e. The largest absolute Gasteiger partial charge is 0.378 e. The minimum Gasteiger partial charge on any atom is -0.378 e. The third kappa shape index (κ3) is 2.63. The lowest BCUT2D eigenvalue weighted by molar-refractivity contribution is 0.599. The minimum atomic E-state index is -0.567. The molecule has 1 aliphatic rings. The van der Waals surface area contributed by atoms with Crippen molar-refractivity contribution in [2.75, 3.05) is 5.32 Å². The molecule has 0 saturated heterocycles. The molecule has 4 heteroatoms. The van der Waals surface area contributed by atoms with E-state index < -0.39 is 5.82 Å². The lowest BCUT2D eigenvalue weighted by Crippen LogP contribution is -2.17. The molecule has 1 N–H and O–H groups in total. The van der Waals surface area contributed by atoms with E-state index >= 15 is 0 Å². The van der Waals surface area contributed by atoms with Crippen molar-refractivity contribution in [1.82, 2.24) is 0 Å². The zero-order valence-electron chi connectivity index (χ0n) is 10.8. The van der Waals surface area contributed by atoms with Crippen molar-refractivity contribution >= 4 is 28.9 Å². The van der Waals surface area contributed by atoms with E-state index in [2.05, 4.69) is 23.5 Å². The standard InChI is InChI=1S/C16H14Cl2FN/c17-13-8-11(9-14(18)16(13)19)20-15-7-3-5-10-4-1-2-6-12(10)15/h1-2,4,6,8-9,15,20H,3,5,7H2. The van der Waals surface area contributed by atoms with E-state index in [1.165, 1.54) is 11.1 Å². The lowest BCUT2D eigenvalue weighted by atomic mass is 9.87. The van der Waals surface area contributed by atoms with E-state index in [0.29, 0.717) is 0 Å². The van der Waals surface area contributed by atoms with E-state index in [1.54, 1.807) is 12.1 Å². The molecule has 0 aliphatic heterocycles. The Kier molecular flexibility index (Phi) is 3.86. The first-order valence-electron chi connectivity index (χ1n) is 6.64. The number of rotatable bonds is 2. The van der Waals surface area contributed by atoms with Crippen molar-refractivity contribution in [3.05, 3.63) is 63.4 Å². The molecule has 2 aromatic carbocycles. The van der Waals surface area contributed by atoms with Crippen LogP contribution in [0.5, 0.6) is 0 Å². The maximum atomic E-state index is 13.4. The summed E-state index contributed by atoms with van der Waals surface area (Å²) in [7, 11) is 0. The van der Waals surface area contributed by atoms with Gasteiger partial charge in [0.1, 0.15) is 0 Å². The van der Waals surface area contributed by atoms with Crippen molar-refractivity contribution in [2.45, 2.75) is 25.3 Å². The number of hydrogen-bond donors (Lipinski definition) is 1. The summed E-state index contributed by atoms with van der Waals surface area (Å²) < 4.78 is 13.4. The van der Waals surface area contributed by atoms with Crippen molar-refractivity contribution in [2.24, 2.45) is 0 Å². The van der Waals surface area contributed by atoms with Gasteiger partial charge in [-0.2, -0.15) is 0 Å². The molecule has 0 amide bonds. The average Bonchev–Trinajstić information content (AvgIpc) is 2.45. The molecule has 20 heavy (non-hydrogen) atoms. The molecule has 104 valence electrons. The summed E-state index contributed by atoms with van der Waals surface area (Å²) in [6.07, 6.45) is 3.29. The molecule has 1 nitrogen and oxygen atoms in total. The minimum absolute atomic E-state index is 0.0455. The molecule has 0 aromatic heterocycles. The van der Waals surface area contributed by atoms with Crippen LogP contribution in [0, 0.1) is 5.82 Å². The van der Waals surface area contributed by atoms with E-state index in [1.807, 2.05) is 6.07 Å². The molecule has 0 spiro atoms. The van der Waals surface area contributed by atoms with Crippen LogP contribution >= 0.6 is 23.2 Å². The zero-order valence-corrected chi connectivity index (χ0v) is 12.3. The van der Waals surface area contributed by atoms with E-state index in [-0.39, 0.29) is 16.1 Å². The van der Waals surface area contributed by atoms with Gasteiger partial charge in [-0.05, 0) is 42.5 Å². The normalized spacial score (nSPS) is 17.6. The van der Waals surface area contributed by atoms with Gasteiger partial charge in [0.05, 0.1) is 16.1 Å². The van der Waals surface area contributed by atoms with Crippen LogP contribution < -0.4 is 5.32 Å². The Morgan fingerprint density at radius 2 is 1.80 bits per heavy atom. The molecular weight excluding hydrogens is 296 g/mol. The lowest BCUT2D eigenvalue weighted by Gasteiger charge is -2.27. The maximum Gasteiger partial charge on any atom is 0.160 e. The Bertz CT molecular complexity index is 619. The number of nitrogens with one attached hydrogen (secondary N) is 1. The monoisotopic (exact) mass is 309 g/mol. The summed E-state index contributed by atoms with van der Waals surface area (Å²) in [6, 6.07) is 11.8. The summed E-state index contributed by atoms with van der Waals surface area (Å²) in [5, 5.41) is 3.50. The molecule has 0 heterocycles. The summed E-state index contributed by atoms with van der Waals surface area (Å²) in [5.41, 5.74) is 3.42. The first-order chi connectivity index (χ1) is 9.65. The van der Waals surface area contributed by atoms with Crippen molar-refractivity contribution in [3.8, 4) is 0 Å². The number of aryl methyl sites for hydroxylation is 1. The highest BCUT2D eigenvalue weighted by molar-refractivity contribution is 6.35. The Morgan fingerprint density at radius 1 is 1.10 bits per heavy atom. The van der Waals surface area contributed by atoms with Gasteiger partial charge < -0.3 is 5.32 Å². The number of anilines is 1. The maximum absolute atomic E-state index is 13.4. The fraction of sp³-hybridized carbons (Fsp3) is 0.250. The zero-order chi connectivity index (χ0) is 14.1. The van der Waals surface area contributed by atoms with Crippen LogP contribution in [0.1, 0.15) is 30.0 Å². The number of fused-ring (bicyclic) bond motifs is 1. The van der Waals surface area contributed by atoms with Gasteiger partial charge in [0.15, 0.2) is 5.82 Å². The second-order valence-electron chi connectivity index (χ2n) is 5.04. The van der Waals surface area contributed by atoms with Gasteiger partial charge in [-0.3, -0.25) is 0 Å². The van der Waals surface area contributed by atoms with Crippen LogP contribution in [0.4, 0.5) is 10.1 Å². The Hall–Kier alpha value is -1.25. The Morgan fingerprint density at radius 3 is 2.55 bits per heavy atom. The molecule has 1 atom stereocenters. The number of hydrogen-bond acceptors (Lipinski definition) is 1. The van der Waals surface area contributed by atoms with Crippen molar-refractivity contribution < 1.29 is 4.39 Å². The highest BCUT2D eigenvalue weighted by Gasteiger charge is 2.20. The number of benzene rings is 2. The predicted octanol–water partition coefficient (Wildman–Crippen LogP) is 5.62. The van der Waals surface area contributed by atoms with Crippen molar-refractivity contribution in [3.63, 3.8) is 0 Å². The fourth-order valence-corrected chi connectivity index (χ4v) is 3.23. The summed E-state index contributed by atoms with van der Waals surface area (Å²) in [4.78, 5) is 0. The molecule has 0 fully saturated rings. The second-order valence-corrected chi connectivity index (χ2v) is 5.86. The number of halogens is 3. The fourth-order valence-electron chi connectivity index (χ4n) is 2.74. The summed E-state index contributed by atoms with van der Waals surface area (Å²) in [6.45, 7) is 0. The molecule has 3 rings (SSSR count). The molecule has 1 unspecified atom stereocenters. The van der Waals surface area contributed by atoms with Gasteiger partial charge in [0.25, 0.3) is 0 Å². The first-order valence-corrected chi connectivity index (χ1v) is 7.39. The Balaban J connectivity index is 1.89. The molecule has 0 saturated carbocycles. The molecule has 1 aliphatic carbocycles. The van der Waals surface area contributed by atoms with Gasteiger partial charge in [-0.25, -0.2) is 4.39 Å². The molecule has 0 bridgehead atoms. The van der Waals surface area contributed by atoms with Crippen LogP contribution in [-0.2, 0) is 6.42 Å². The van der Waals surface area contributed by atoms with Gasteiger partial charge in [0.2, 0.25) is 0 Å². The van der Waals surface area contributed by atoms with E-state index in [9.17, 15) is 4.39 Å². The van der Waals surface area contributed by atoms with Crippen LogP contribution in [0.15, 0.2) is 36.4 Å². The predicted molar refractivity (Wildman–Crippen MR) is 82.2 cm³/mol. The highest BCUT2D eigenvalue weighted by Crippen LogP contribution is 2.34. The van der Waals surface area contributed by atoms with Gasteiger partial charge in [0, 0.05) is 5.69 Å². The summed E-state index contributed by atoms with van der Waals surface area (Å²) in [5.74, 6) is -0.567. The van der Waals surface area contributed by atoms with Crippen LogP contribution in [0.25, 0.3) is 0 Å². The van der Waals surface area contributed by atoms with Gasteiger partial charge in [-0.15, -0.1) is 0 Å². The Labute approximate surface area is 127 Å². The SMILES string of the molecule is Fc1c(Cl)cc(NC2CCCc3ccccc32)cc1Cl. The van der Waals surface area contributed by atoms with Gasteiger partial charge >= 0.3 is 0 Å². The van der Waals surface area contributed by atoms with Gasteiger partial charge in [-0.1, -0.05) is 47.5 Å². The molecular formula is C16H14Cl2FN. The third-order valence-corrected chi connectivity index (χ3v) is 4.24. The topological polar surface area (TPSA) is 12.0 Å².